The van der Waals surface area contributed by atoms with Gasteiger partial charge in [0.2, 0.25) is 15.9 Å². The minimum absolute atomic E-state index is 0.0296. The molecule has 0 saturated carbocycles. The summed E-state index contributed by atoms with van der Waals surface area (Å²) in [6.07, 6.45) is 2.26. The summed E-state index contributed by atoms with van der Waals surface area (Å²) in [7, 11) is -3.59. The Bertz CT molecular complexity index is 682. The Kier molecular flexibility index (Phi) is 6.04. The van der Waals surface area contributed by atoms with Gasteiger partial charge >= 0.3 is 0 Å². The number of benzene rings is 1. The third kappa shape index (κ3) is 4.57. The van der Waals surface area contributed by atoms with E-state index in [-0.39, 0.29) is 18.9 Å². The van der Waals surface area contributed by atoms with E-state index in [1.165, 1.54) is 0 Å². The van der Waals surface area contributed by atoms with E-state index >= 15 is 0 Å². The highest BCUT2D eigenvalue weighted by atomic mass is 32.2. The van der Waals surface area contributed by atoms with Gasteiger partial charge in [-0.15, -0.1) is 0 Å². The van der Waals surface area contributed by atoms with Gasteiger partial charge in [-0.3, -0.25) is 4.79 Å². The molecule has 0 spiro atoms. The Hall–Kier alpha value is -1.40. The average molecular weight is 353 g/mol. The maximum atomic E-state index is 12.5. The van der Waals surface area contributed by atoms with E-state index in [0.717, 1.165) is 42.6 Å². The third-order valence-corrected chi connectivity index (χ3v) is 6.41. The van der Waals surface area contributed by atoms with E-state index in [4.69, 9.17) is 0 Å². The van der Waals surface area contributed by atoms with E-state index in [9.17, 15) is 13.2 Å². The Balaban J connectivity index is 1.95. The Morgan fingerprint density at radius 1 is 1.17 bits per heavy atom. The molecule has 134 valence electrons. The van der Waals surface area contributed by atoms with Crippen LogP contribution in [0.4, 0.5) is 0 Å². The monoisotopic (exact) mass is 352 g/mol. The lowest BCUT2D eigenvalue weighted by Gasteiger charge is -2.30. The molecule has 0 aliphatic carbocycles. The van der Waals surface area contributed by atoms with Crippen molar-refractivity contribution in [3.63, 3.8) is 0 Å². The number of sulfonamides is 1. The first-order chi connectivity index (χ1) is 11.2. The van der Waals surface area contributed by atoms with Gasteiger partial charge in [0.25, 0.3) is 0 Å². The summed E-state index contributed by atoms with van der Waals surface area (Å²) in [5.41, 5.74) is 2.51. The standard InChI is InChI=1S/C18H28N2O3S/c1-13-6-9-20(10-7-13)17(21)5-8-19-24(22,23)18-15(3)11-14(2)12-16(18)4/h11-13,19H,5-10H2,1-4H3. The van der Waals surface area contributed by atoms with Crippen molar-refractivity contribution in [2.45, 2.75) is 51.9 Å². The lowest BCUT2D eigenvalue weighted by atomic mass is 9.99. The molecule has 6 heteroatoms. The summed E-state index contributed by atoms with van der Waals surface area (Å²) < 4.78 is 27.7. The molecule has 0 atom stereocenters. The zero-order valence-corrected chi connectivity index (χ0v) is 15.9. The topological polar surface area (TPSA) is 66.5 Å². The normalized spacial score (nSPS) is 16.4. The highest BCUT2D eigenvalue weighted by Gasteiger charge is 2.22. The fourth-order valence-electron chi connectivity index (χ4n) is 3.37. The number of likely N-dealkylation sites (tertiary alicyclic amines) is 1. The van der Waals surface area contributed by atoms with Crippen LogP contribution in [0, 0.1) is 26.7 Å². The number of amides is 1. The predicted molar refractivity (Wildman–Crippen MR) is 95.4 cm³/mol. The molecule has 2 rings (SSSR count). The van der Waals surface area contributed by atoms with Crippen molar-refractivity contribution >= 4 is 15.9 Å². The molecule has 1 aliphatic rings. The summed E-state index contributed by atoms with van der Waals surface area (Å²) in [6, 6.07) is 3.73. The van der Waals surface area contributed by atoms with Gasteiger partial charge in [-0.25, -0.2) is 13.1 Å². The van der Waals surface area contributed by atoms with Crippen molar-refractivity contribution < 1.29 is 13.2 Å². The number of hydrogen-bond donors (Lipinski definition) is 1. The van der Waals surface area contributed by atoms with E-state index in [2.05, 4.69) is 11.6 Å². The van der Waals surface area contributed by atoms with Crippen LogP contribution < -0.4 is 4.72 Å². The number of carbonyl (C=O) groups excluding carboxylic acids is 1. The number of piperidine rings is 1. The lowest BCUT2D eigenvalue weighted by Crippen LogP contribution is -2.39. The van der Waals surface area contributed by atoms with Crippen molar-refractivity contribution in [1.29, 1.82) is 0 Å². The highest BCUT2D eigenvalue weighted by molar-refractivity contribution is 7.89. The van der Waals surface area contributed by atoms with Crippen LogP contribution in [0.5, 0.6) is 0 Å². The fraction of sp³-hybridized carbons (Fsp3) is 0.611. The Labute approximate surface area is 145 Å². The summed E-state index contributed by atoms with van der Waals surface area (Å²) in [5, 5.41) is 0. The number of aryl methyl sites for hydroxylation is 3. The predicted octanol–water partition coefficient (Wildman–Crippen LogP) is 2.54. The molecule has 0 bridgehead atoms. The van der Waals surface area contributed by atoms with Crippen LogP contribution in [-0.2, 0) is 14.8 Å². The average Bonchev–Trinajstić information content (AvgIpc) is 2.46. The molecule has 1 amide bonds. The van der Waals surface area contributed by atoms with Crippen LogP contribution in [0.2, 0.25) is 0 Å². The molecule has 1 heterocycles. The Morgan fingerprint density at radius 2 is 1.71 bits per heavy atom. The van der Waals surface area contributed by atoms with Gasteiger partial charge in [0.15, 0.2) is 0 Å². The molecule has 1 N–H and O–H groups in total. The van der Waals surface area contributed by atoms with Gasteiger partial charge in [0.1, 0.15) is 0 Å². The van der Waals surface area contributed by atoms with Crippen molar-refractivity contribution in [2.75, 3.05) is 19.6 Å². The van der Waals surface area contributed by atoms with Crippen molar-refractivity contribution in [1.82, 2.24) is 9.62 Å². The van der Waals surface area contributed by atoms with Gasteiger partial charge in [-0.05, 0) is 50.7 Å². The molecular weight excluding hydrogens is 324 g/mol. The number of nitrogens with zero attached hydrogens (tertiary/aromatic N) is 1. The molecule has 0 unspecified atom stereocenters. The van der Waals surface area contributed by atoms with Crippen LogP contribution in [-0.4, -0.2) is 38.9 Å². The fourth-order valence-corrected chi connectivity index (χ4v) is 4.85. The molecule has 1 aromatic rings. The van der Waals surface area contributed by atoms with Crippen molar-refractivity contribution in [2.24, 2.45) is 5.92 Å². The molecule has 1 aromatic carbocycles. The van der Waals surface area contributed by atoms with Gasteiger partial charge in [-0.1, -0.05) is 24.6 Å². The van der Waals surface area contributed by atoms with Crippen LogP contribution in [0.25, 0.3) is 0 Å². The molecule has 24 heavy (non-hydrogen) atoms. The summed E-state index contributed by atoms with van der Waals surface area (Å²) >= 11 is 0. The van der Waals surface area contributed by atoms with Crippen molar-refractivity contribution in [3.05, 3.63) is 28.8 Å². The molecule has 1 aliphatic heterocycles. The zero-order chi connectivity index (χ0) is 17.9. The summed E-state index contributed by atoms with van der Waals surface area (Å²) in [5.74, 6) is 0.696. The second-order valence-electron chi connectivity index (χ2n) is 6.94. The molecular formula is C18H28N2O3S. The molecule has 5 nitrogen and oxygen atoms in total. The minimum Gasteiger partial charge on any atom is -0.343 e. The lowest BCUT2D eigenvalue weighted by molar-refractivity contribution is -0.132. The summed E-state index contributed by atoms with van der Waals surface area (Å²) in [4.78, 5) is 14.4. The van der Waals surface area contributed by atoms with E-state index < -0.39 is 10.0 Å². The molecule has 1 saturated heterocycles. The van der Waals surface area contributed by atoms with Gasteiger partial charge in [-0.2, -0.15) is 0 Å². The quantitative estimate of drug-likeness (QED) is 0.885. The SMILES string of the molecule is Cc1cc(C)c(S(=O)(=O)NCCC(=O)N2CCC(C)CC2)c(C)c1. The van der Waals surface area contributed by atoms with Gasteiger partial charge in [0, 0.05) is 26.1 Å². The number of carbonyl (C=O) groups is 1. The number of hydrogen-bond acceptors (Lipinski definition) is 3. The third-order valence-electron chi connectivity index (χ3n) is 4.64. The van der Waals surface area contributed by atoms with E-state index in [1.54, 1.807) is 13.8 Å². The maximum Gasteiger partial charge on any atom is 0.241 e. The smallest absolute Gasteiger partial charge is 0.241 e. The second kappa shape index (κ2) is 7.66. The first kappa shape index (κ1) is 18.9. The maximum absolute atomic E-state index is 12.5. The Morgan fingerprint density at radius 3 is 2.25 bits per heavy atom. The second-order valence-corrected chi connectivity index (χ2v) is 8.64. The van der Waals surface area contributed by atoms with Crippen LogP contribution in [0.15, 0.2) is 17.0 Å². The number of rotatable bonds is 5. The molecule has 0 aromatic heterocycles. The highest BCUT2D eigenvalue weighted by Crippen LogP contribution is 2.21. The number of nitrogens with one attached hydrogen (secondary N) is 1. The van der Waals surface area contributed by atoms with Crippen LogP contribution in [0.1, 0.15) is 42.9 Å². The minimum atomic E-state index is -3.59. The summed E-state index contributed by atoms with van der Waals surface area (Å²) in [6.45, 7) is 9.44. The van der Waals surface area contributed by atoms with Crippen LogP contribution in [0.3, 0.4) is 0 Å². The first-order valence-corrected chi connectivity index (χ1v) is 10.0. The van der Waals surface area contributed by atoms with E-state index in [0.29, 0.717) is 10.8 Å². The van der Waals surface area contributed by atoms with E-state index in [1.807, 2.05) is 24.0 Å². The van der Waals surface area contributed by atoms with Gasteiger partial charge < -0.3 is 4.90 Å². The molecule has 0 radical (unpaired) electrons. The zero-order valence-electron chi connectivity index (χ0n) is 15.1. The van der Waals surface area contributed by atoms with Gasteiger partial charge in [0.05, 0.1) is 4.90 Å². The molecule has 1 fully saturated rings. The van der Waals surface area contributed by atoms with Crippen molar-refractivity contribution in [3.8, 4) is 0 Å². The largest absolute Gasteiger partial charge is 0.343 e. The first-order valence-electron chi connectivity index (χ1n) is 8.56. The van der Waals surface area contributed by atoms with Crippen LogP contribution >= 0.6 is 0 Å².